The van der Waals surface area contributed by atoms with Crippen LogP contribution in [0.15, 0.2) is 0 Å². The predicted molar refractivity (Wildman–Crippen MR) is 227 cm³/mol. The highest BCUT2D eigenvalue weighted by molar-refractivity contribution is 7.59. The van der Waals surface area contributed by atoms with Gasteiger partial charge in [-0.3, -0.25) is 19.2 Å². The zero-order chi connectivity index (χ0) is 47.3. The smallest absolute Gasteiger partial charge is 0.394 e. The molecule has 0 aromatic rings. The van der Waals surface area contributed by atoms with Crippen molar-refractivity contribution in [3.63, 3.8) is 0 Å². The number of likely N-dealkylation sites (tertiary alicyclic amines) is 2. The molecule has 0 aliphatic carbocycles. The fraction of sp³-hybridized carbons (Fsp3) is 0.897. The molecule has 23 nitrogen and oxygen atoms in total. The third-order valence-corrected chi connectivity index (χ3v) is 13.6. The Morgan fingerprint density at radius 2 is 1.19 bits per heavy atom. The fourth-order valence-electron chi connectivity index (χ4n) is 8.47. The Bertz CT molecular complexity index is 1490. The molecule has 0 spiro atoms. The van der Waals surface area contributed by atoms with Crippen molar-refractivity contribution in [3.05, 3.63) is 0 Å². The zero-order valence-electron chi connectivity index (χ0n) is 37.3. The molecular weight excluding hydrogens is 890 g/mol. The van der Waals surface area contributed by atoms with E-state index < -0.39 is 121 Å². The summed E-state index contributed by atoms with van der Waals surface area (Å²) in [6.45, 7) is 6.83. The molecule has 370 valence electrons. The van der Waals surface area contributed by atoms with Gasteiger partial charge in [-0.1, -0.05) is 6.92 Å². The molecule has 13 unspecified atom stereocenters. The molecule has 0 bridgehead atoms. The highest BCUT2D eigenvalue weighted by Gasteiger charge is 2.48. The van der Waals surface area contributed by atoms with Gasteiger partial charge in [0.15, 0.2) is 21.0 Å². The van der Waals surface area contributed by atoms with E-state index in [1.165, 1.54) is 27.2 Å². The van der Waals surface area contributed by atoms with E-state index in [0.29, 0.717) is 44.9 Å². The van der Waals surface area contributed by atoms with Crippen molar-refractivity contribution < 1.29 is 92.1 Å². The number of nitrogens with one attached hydrogen (secondary N) is 2. The summed E-state index contributed by atoms with van der Waals surface area (Å²) in [6.07, 6.45) is -7.80. The lowest BCUT2D eigenvalue weighted by Crippen LogP contribution is -2.64. The lowest BCUT2D eigenvalue weighted by atomic mass is 9.97. The van der Waals surface area contributed by atoms with E-state index in [1.54, 1.807) is 9.80 Å². The third kappa shape index (κ3) is 15.9. The minimum Gasteiger partial charge on any atom is -0.394 e. The summed E-state index contributed by atoms with van der Waals surface area (Å²) >= 11 is 0. The van der Waals surface area contributed by atoms with E-state index in [1.807, 2.05) is 6.92 Å². The van der Waals surface area contributed by atoms with Crippen LogP contribution in [0.4, 0.5) is 0 Å². The third-order valence-electron chi connectivity index (χ3n) is 11.7. The van der Waals surface area contributed by atoms with Crippen LogP contribution in [-0.2, 0) is 51.7 Å². The van der Waals surface area contributed by atoms with Crippen LogP contribution in [0.5, 0.6) is 0 Å². The molecule has 0 saturated carbocycles. The highest BCUT2D eigenvalue weighted by atomic mass is 31.2. The second-order valence-corrected chi connectivity index (χ2v) is 20.0. The number of hydrogen-bond donors (Lipinski definition) is 10. The van der Waals surface area contributed by atoms with Gasteiger partial charge in [0.1, 0.15) is 68.1 Å². The number of amides is 4. The molecule has 10 N–H and O–H groups in total. The summed E-state index contributed by atoms with van der Waals surface area (Å²) < 4.78 is 40.4. The van der Waals surface area contributed by atoms with Gasteiger partial charge in [-0.2, -0.15) is 13.9 Å². The summed E-state index contributed by atoms with van der Waals surface area (Å²) in [6, 6.07) is -2.78. The van der Waals surface area contributed by atoms with Crippen LogP contribution in [-0.4, -0.2) is 219 Å². The Kier molecular flexibility index (Phi) is 22.3. The molecule has 4 heterocycles. The van der Waals surface area contributed by atoms with E-state index in [0.717, 1.165) is 0 Å². The standard InChI is InChI=1S/C39H70N4O19P2/c1-6-24-15-27(18-42(24)30(48)11-7-9-13-56-38-32(40-22(2)46)36(52)34(50)28(19-44)59-38)62-64(5,55)58-21-25-16-26(61-63(4)54)17-43(25)31(49)12-8-10-14-57-39-33(41-23(3)47)37(53)35(51)29(20-45)60-39/h24-29,32-39,44-45,50-55H,6-21H2,1-5H3,(H-,40,41,46,47)/p+1/t24-,25+,26?,27-,28?,29?,32?,33?,34?,35?,36?,37?,38?,39?,63?,64?/m1/s1. The summed E-state index contributed by atoms with van der Waals surface area (Å²) in [5.74, 6) is -1.27. The first-order chi connectivity index (χ1) is 30.3. The van der Waals surface area contributed by atoms with Crippen molar-refractivity contribution in [1.82, 2.24) is 20.4 Å². The SMILES string of the molecule is CC[C@@H]1C[C@@H](O[P+](C)(O)OC[C@@H]2CC(OP(C)O)CN2C(=O)CCCCOC2OC(CO)C(O)C(O)C2NC(C)=O)CN1C(=O)CCCCOC1OC(CO)C(O)C(O)C1NC(C)=O. The van der Waals surface area contributed by atoms with E-state index >= 15 is 0 Å². The van der Waals surface area contributed by atoms with Crippen LogP contribution in [0.1, 0.15) is 78.6 Å². The molecule has 4 fully saturated rings. The molecule has 16 atom stereocenters. The molecule has 0 aromatic carbocycles. The summed E-state index contributed by atoms with van der Waals surface area (Å²) in [5.41, 5.74) is 0. The first-order valence-electron chi connectivity index (χ1n) is 21.9. The van der Waals surface area contributed by atoms with Gasteiger partial charge in [0.05, 0.1) is 31.9 Å². The molecule has 4 aliphatic rings. The van der Waals surface area contributed by atoms with Gasteiger partial charge < -0.3 is 79.4 Å². The van der Waals surface area contributed by atoms with Crippen LogP contribution in [0.2, 0.25) is 0 Å². The van der Waals surface area contributed by atoms with Gasteiger partial charge in [-0.25, -0.2) is 0 Å². The predicted octanol–water partition coefficient (Wildman–Crippen LogP) is -2.03. The second-order valence-electron chi connectivity index (χ2n) is 16.8. The Hall–Kier alpha value is -1.86. The zero-order valence-corrected chi connectivity index (χ0v) is 39.0. The van der Waals surface area contributed by atoms with Crippen molar-refractivity contribution >= 4 is 39.9 Å². The van der Waals surface area contributed by atoms with Gasteiger partial charge in [0, 0.05) is 65.6 Å². The molecule has 4 saturated heterocycles. The largest absolute Gasteiger partial charge is 0.406 e. The molecule has 0 radical (unpaired) electrons. The Balaban J connectivity index is 1.22. The summed E-state index contributed by atoms with van der Waals surface area (Å²) in [4.78, 5) is 74.9. The normalized spacial score (nSPS) is 34.6. The van der Waals surface area contributed by atoms with E-state index in [9.17, 15) is 59.6 Å². The van der Waals surface area contributed by atoms with Gasteiger partial charge in [-0.15, -0.1) is 0 Å². The average molecular weight is 962 g/mol. The van der Waals surface area contributed by atoms with Crippen molar-refractivity contribution in [3.8, 4) is 0 Å². The van der Waals surface area contributed by atoms with Crippen molar-refractivity contribution in [2.45, 2.75) is 164 Å². The lowest BCUT2D eigenvalue weighted by Gasteiger charge is -2.42. The van der Waals surface area contributed by atoms with Gasteiger partial charge in [-0.05, 0) is 38.5 Å². The molecule has 64 heavy (non-hydrogen) atoms. The number of aliphatic hydroxyl groups excluding tert-OH is 6. The molecule has 4 aliphatic heterocycles. The van der Waals surface area contributed by atoms with E-state index in [-0.39, 0.29) is 63.6 Å². The van der Waals surface area contributed by atoms with Crippen molar-refractivity contribution in [2.75, 3.05) is 59.5 Å². The monoisotopic (exact) mass is 961 g/mol. The Morgan fingerprint density at radius 1 is 0.734 bits per heavy atom. The highest BCUT2D eigenvalue weighted by Crippen LogP contribution is 2.55. The van der Waals surface area contributed by atoms with Crippen LogP contribution in [0.25, 0.3) is 0 Å². The first-order valence-corrected chi connectivity index (χ1v) is 25.6. The molecule has 4 amide bonds. The van der Waals surface area contributed by atoms with Crippen molar-refractivity contribution in [2.24, 2.45) is 0 Å². The number of nitrogens with zero attached hydrogens (tertiary/aromatic N) is 2. The summed E-state index contributed by atoms with van der Waals surface area (Å²) in [5, 5.41) is 65.5. The number of unbranched alkanes of at least 4 members (excludes halogenated alkanes) is 2. The number of carbonyl (C=O) groups excluding carboxylic acids is 4. The quantitative estimate of drug-likeness (QED) is 0.0368. The second kappa shape index (κ2) is 26.0. The maximum absolute atomic E-state index is 13.5. The van der Waals surface area contributed by atoms with E-state index in [4.69, 9.17) is 32.5 Å². The van der Waals surface area contributed by atoms with Crippen molar-refractivity contribution in [1.29, 1.82) is 0 Å². The van der Waals surface area contributed by atoms with Crippen LogP contribution >= 0.6 is 16.3 Å². The average Bonchev–Trinajstić information content (AvgIpc) is 3.84. The van der Waals surface area contributed by atoms with Crippen LogP contribution in [0, 0.1) is 0 Å². The fourth-order valence-corrected chi connectivity index (χ4v) is 10.3. The number of carbonyl (C=O) groups is 4. The van der Waals surface area contributed by atoms with Crippen LogP contribution < -0.4 is 10.6 Å². The maximum Gasteiger partial charge on any atom is 0.406 e. The Labute approximate surface area is 375 Å². The minimum absolute atomic E-state index is 0.0708. The number of ether oxygens (including phenoxy) is 4. The van der Waals surface area contributed by atoms with Crippen LogP contribution in [0.3, 0.4) is 0 Å². The molecular formula is C39H71N4O19P2+. The topological polar surface area (TPSA) is 325 Å². The number of rotatable bonds is 24. The molecule has 4 rings (SSSR count). The first kappa shape index (κ1) is 54.7. The van der Waals surface area contributed by atoms with E-state index in [2.05, 4.69) is 10.6 Å². The van der Waals surface area contributed by atoms with Gasteiger partial charge >= 0.3 is 7.94 Å². The maximum atomic E-state index is 13.5. The molecule has 25 heteroatoms. The summed E-state index contributed by atoms with van der Waals surface area (Å²) in [7, 11) is -5.17. The van der Waals surface area contributed by atoms with Gasteiger partial charge in [0.25, 0.3) is 0 Å². The minimum atomic E-state index is -3.46. The lowest BCUT2D eigenvalue weighted by molar-refractivity contribution is -0.270. The molecule has 0 aromatic heterocycles. The Morgan fingerprint density at radius 3 is 1.62 bits per heavy atom. The number of hydrogen-bond acceptors (Lipinski definition) is 19. The number of aliphatic hydroxyl groups is 6. The van der Waals surface area contributed by atoms with Gasteiger partial charge in [0.2, 0.25) is 23.6 Å².